The van der Waals surface area contributed by atoms with Crippen LogP contribution < -0.4 is 15.9 Å². The molecule has 2 amide bonds. The molecular formula is C34H39F2N7O4. The third-order valence-corrected chi connectivity index (χ3v) is 7.84. The molecule has 1 aliphatic rings. The highest BCUT2D eigenvalue weighted by Crippen LogP contribution is 2.36. The van der Waals surface area contributed by atoms with Crippen LogP contribution in [0.15, 0.2) is 41.3 Å². The van der Waals surface area contributed by atoms with Gasteiger partial charge in [0, 0.05) is 38.8 Å². The van der Waals surface area contributed by atoms with Gasteiger partial charge in [-0.3, -0.25) is 9.78 Å². The van der Waals surface area contributed by atoms with Crippen molar-refractivity contribution in [2.45, 2.75) is 73.0 Å². The molecular weight excluding hydrogens is 608 g/mol. The molecule has 1 atom stereocenters. The molecule has 0 unspecified atom stereocenters. The summed E-state index contributed by atoms with van der Waals surface area (Å²) in [7, 11) is 0. The summed E-state index contributed by atoms with van der Waals surface area (Å²) >= 11 is 0. The number of aryl methyl sites for hydroxylation is 1. The molecule has 13 heteroatoms. The van der Waals surface area contributed by atoms with Gasteiger partial charge in [-0.2, -0.15) is 4.98 Å². The van der Waals surface area contributed by atoms with E-state index in [0.29, 0.717) is 16.9 Å². The van der Waals surface area contributed by atoms with Gasteiger partial charge in [-0.1, -0.05) is 19.9 Å². The molecule has 1 saturated heterocycles. The highest BCUT2D eigenvalue weighted by Gasteiger charge is 2.33. The van der Waals surface area contributed by atoms with Crippen LogP contribution >= 0.6 is 0 Å². The van der Waals surface area contributed by atoms with Crippen molar-refractivity contribution in [3.05, 3.63) is 69.9 Å². The van der Waals surface area contributed by atoms with Gasteiger partial charge in [0.1, 0.15) is 22.9 Å². The lowest BCUT2D eigenvalue weighted by Gasteiger charge is -2.41. The molecule has 0 saturated carbocycles. The fourth-order valence-corrected chi connectivity index (χ4v) is 5.81. The molecule has 47 heavy (non-hydrogen) atoms. The quantitative estimate of drug-likeness (QED) is 0.282. The molecule has 248 valence electrons. The van der Waals surface area contributed by atoms with Crippen LogP contribution in [0.1, 0.15) is 65.6 Å². The molecule has 0 radical (unpaired) electrons. The molecule has 0 aliphatic carbocycles. The summed E-state index contributed by atoms with van der Waals surface area (Å²) in [5.41, 5.74) is -0.193. The lowest BCUT2D eigenvalue weighted by molar-refractivity contribution is -0.114. The van der Waals surface area contributed by atoms with E-state index in [1.807, 2.05) is 32.6 Å². The molecule has 1 fully saturated rings. The number of amides is 2. The maximum Gasteiger partial charge on any atom is 0.410 e. The standard InChI is InChI=1S/C34H39F2N7O4/c1-18(2)27-29(19(3)12-13-37-27)43-31-22(16-24(36)28(39-31)26-23(35)10-9-11-25(26)38-21(5)44)30(40-32(43)45)42-15-14-41(17-20(42)4)33(46)47-34(6,7)8/h9-13,16,18,20H,14-15,17H2,1-8H3,(H,38,44)/t20-/m0/s1. The second kappa shape index (κ2) is 12.7. The van der Waals surface area contributed by atoms with Crippen molar-refractivity contribution in [2.24, 2.45) is 0 Å². The molecule has 0 bridgehead atoms. The number of fused-ring (bicyclic) bond motifs is 1. The van der Waals surface area contributed by atoms with E-state index >= 15 is 8.78 Å². The van der Waals surface area contributed by atoms with Gasteiger partial charge in [0.15, 0.2) is 11.5 Å². The molecule has 1 aliphatic heterocycles. The minimum absolute atomic E-state index is 0.0266. The second-order valence-electron chi connectivity index (χ2n) is 13.1. The van der Waals surface area contributed by atoms with Crippen molar-refractivity contribution in [2.75, 3.05) is 29.9 Å². The number of carbonyl (C=O) groups is 2. The number of aromatic nitrogens is 4. The van der Waals surface area contributed by atoms with Crippen LogP contribution in [0.5, 0.6) is 0 Å². The Labute approximate surface area is 271 Å². The average molecular weight is 648 g/mol. The van der Waals surface area contributed by atoms with Crippen molar-refractivity contribution < 1.29 is 23.1 Å². The Morgan fingerprint density at radius 3 is 2.45 bits per heavy atom. The van der Waals surface area contributed by atoms with E-state index in [4.69, 9.17) is 4.74 Å². The first-order valence-electron chi connectivity index (χ1n) is 15.5. The molecule has 3 aromatic heterocycles. The van der Waals surface area contributed by atoms with Crippen LogP contribution in [-0.4, -0.2) is 67.7 Å². The van der Waals surface area contributed by atoms with Crippen molar-refractivity contribution >= 4 is 34.5 Å². The topological polar surface area (TPSA) is 123 Å². The number of pyridine rings is 2. The predicted molar refractivity (Wildman–Crippen MR) is 176 cm³/mol. The number of rotatable bonds is 5. The molecule has 1 aromatic carbocycles. The summed E-state index contributed by atoms with van der Waals surface area (Å²) in [6.45, 7) is 15.0. The van der Waals surface area contributed by atoms with Crippen molar-refractivity contribution in [3.8, 4) is 16.9 Å². The van der Waals surface area contributed by atoms with Gasteiger partial charge in [0.25, 0.3) is 0 Å². The van der Waals surface area contributed by atoms with Crippen molar-refractivity contribution in [1.29, 1.82) is 0 Å². The van der Waals surface area contributed by atoms with Gasteiger partial charge in [-0.05, 0) is 70.4 Å². The summed E-state index contributed by atoms with van der Waals surface area (Å²) in [4.78, 5) is 56.0. The predicted octanol–water partition coefficient (Wildman–Crippen LogP) is 5.96. The number of hydrogen-bond donors (Lipinski definition) is 1. The smallest absolute Gasteiger partial charge is 0.410 e. The SMILES string of the molecule is CC(=O)Nc1cccc(F)c1-c1nc2c(cc1F)c(N1CCN(C(=O)OC(C)(C)C)C[C@@H]1C)nc(=O)n2-c1c(C)ccnc1C(C)C. The lowest BCUT2D eigenvalue weighted by Crippen LogP contribution is -2.55. The van der Waals surface area contributed by atoms with Crippen LogP contribution in [0.2, 0.25) is 0 Å². The molecule has 4 aromatic rings. The Morgan fingerprint density at radius 2 is 1.81 bits per heavy atom. The average Bonchev–Trinajstić information content (AvgIpc) is 2.96. The van der Waals surface area contributed by atoms with Crippen molar-refractivity contribution in [1.82, 2.24) is 24.4 Å². The van der Waals surface area contributed by atoms with Crippen LogP contribution in [0.4, 0.5) is 25.1 Å². The fraction of sp³-hybridized carbons (Fsp3) is 0.412. The van der Waals surface area contributed by atoms with Gasteiger partial charge in [-0.25, -0.2) is 27.9 Å². The van der Waals surface area contributed by atoms with Gasteiger partial charge in [0.2, 0.25) is 5.91 Å². The second-order valence-corrected chi connectivity index (χ2v) is 13.1. The third-order valence-electron chi connectivity index (χ3n) is 7.84. The Morgan fingerprint density at radius 1 is 1.09 bits per heavy atom. The summed E-state index contributed by atoms with van der Waals surface area (Å²) in [6.07, 6.45) is 1.19. The Balaban J connectivity index is 1.76. The van der Waals surface area contributed by atoms with Crippen LogP contribution in [0.25, 0.3) is 28.0 Å². The maximum absolute atomic E-state index is 16.2. The zero-order valence-corrected chi connectivity index (χ0v) is 27.8. The first-order valence-corrected chi connectivity index (χ1v) is 15.5. The van der Waals surface area contributed by atoms with E-state index in [-0.39, 0.29) is 65.4 Å². The van der Waals surface area contributed by atoms with Crippen LogP contribution in [0.3, 0.4) is 0 Å². The number of nitrogens with zero attached hydrogens (tertiary/aromatic N) is 6. The lowest BCUT2D eigenvalue weighted by atomic mass is 10.0. The number of piperazine rings is 1. The van der Waals surface area contributed by atoms with E-state index < -0.39 is 34.9 Å². The summed E-state index contributed by atoms with van der Waals surface area (Å²) < 4.78 is 38.5. The Hall–Kier alpha value is -4.94. The normalized spacial score (nSPS) is 15.3. The van der Waals surface area contributed by atoms with Gasteiger partial charge < -0.3 is 19.9 Å². The minimum atomic E-state index is -0.880. The van der Waals surface area contributed by atoms with E-state index in [0.717, 1.165) is 6.07 Å². The molecule has 5 rings (SSSR count). The van der Waals surface area contributed by atoms with Crippen LogP contribution in [-0.2, 0) is 9.53 Å². The molecule has 11 nitrogen and oxygen atoms in total. The number of nitrogens with one attached hydrogen (secondary N) is 1. The maximum atomic E-state index is 16.2. The number of hydrogen-bond acceptors (Lipinski definition) is 8. The van der Waals surface area contributed by atoms with Gasteiger partial charge in [-0.15, -0.1) is 0 Å². The van der Waals surface area contributed by atoms with Gasteiger partial charge in [0.05, 0.1) is 28.0 Å². The fourth-order valence-electron chi connectivity index (χ4n) is 5.81. The molecule has 1 N–H and O–H groups in total. The monoisotopic (exact) mass is 647 g/mol. The molecule has 4 heterocycles. The van der Waals surface area contributed by atoms with Crippen LogP contribution in [0, 0.1) is 18.6 Å². The van der Waals surface area contributed by atoms with Crippen molar-refractivity contribution in [3.63, 3.8) is 0 Å². The minimum Gasteiger partial charge on any atom is -0.444 e. The zero-order valence-electron chi connectivity index (χ0n) is 27.8. The first-order chi connectivity index (χ1) is 22.1. The summed E-state index contributed by atoms with van der Waals surface area (Å²) in [5, 5.41) is 2.76. The number of benzene rings is 1. The number of carbonyl (C=O) groups excluding carboxylic acids is 2. The highest BCUT2D eigenvalue weighted by molar-refractivity contribution is 5.96. The van der Waals surface area contributed by atoms with E-state index in [2.05, 4.69) is 20.3 Å². The van der Waals surface area contributed by atoms with E-state index in [1.54, 1.807) is 37.9 Å². The summed E-state index contributed by atoms with van der Waals surface area (Å²) in [6, 6.07) is 6.59. The zero-order chi connectivity index (χ0) is 34.4. The third kappa shape index (κ3) is 6.65. The first kappa shape index (κ1) is 33.4. The number of ether oxygens (including phenoxy) is 1. The van der Waals surface area contributed by atoms with Gasteiger partial charge >= 0.3 is 11.8 Å². The van der Waals surface area contributed by atoms with E-state index in [9.17, 15) is 14.4 Å². The highest BCUT2D eigenvalue weighted by atomic mass is 19.1. The Bertz CT molecular complexity index is 1940. The largest absolute Gasteiger partial charge is 0.444 e. The molecule has 0 spiro atoms. The number of halogens is 2. The number of anilines is 2. The Kier molecular flexibility index (Phi) is 9.02. The van der Waals surface area contributed by atoms with E-state index in [1.165, 1.54) is 29.7 Å². The summed E-state index contributed by atoms with van der Waals surface area (Å²) in [5.74, 6) is -2.09.